The summed E-state index contributed by atoms with van der Waals surface area (Å²) in [4.78, 5) is 22.8. The summed E-state index contributed by atoms with van der Waals surface area (Å²) in [6.45, 7) is 4.26. The second kappa shape index (κ2) is 4.45. The molecule has 1 unspecified atom stereocenters. The Labute approximate surface area is 98.3 Å². The molecule has 1 aliphatic rings. The maximum Gasteiger partial charge on any atom is 0.337 e. The molecule has 1 aliphatic heterocycles. The Kier molecular flexibility index (Phi) is 2.99. The van der Waals surface area contributed by atoms with Crippen molar-refractivity contribution < 1.29 is 19.4 Å². The molecule has 0 radical (unpaired) electrons. The minimum absolute atomic E-state index is 0.151. The predicted octanol–water partition coefficient (Wildman–Crippen LogP) is 1.40. The van der Waals surface area contributed by atoms with Gasteiger partial charge in [-0.2, -0.15) is 0 Å². The Morgan fingerprint density at radius 2 is 2.41 bits per heavy atom. The van der Waals surface area contributed by atoms with Crippen LogP contribution in [0.5, 0.6) is 0 Å². The van der Waals surface area contributed by atoms with Crippen LogP contribution in [-0.2, 0) is 16.1 Å². The van der Waals surface area contributed by atoms with Gasteiger partial charge in [0, 0.05) is 18.4 Å². The predicted molar refractivity (Wildman–Crippen MR) is 59.9 cm³/mol. The molecule has 1 aromatic rings. The van der Waals surface area contributed by atoms with Crippen molar-refractivity contribution >= 4 is 11.9 Å². The van der Waals surface area contributed by atoms with Crippen molar-refractivity contribution in [2.75, 3.05) is 6.61 Å². The number of nitrogens with zero attached hydrogens (tertiary/aromatic N) is 1. The van der Waals surface area contributed by atoms with Crippen LogP contribution in [0.25, 0.3) is 0 Å². The van der Waals surface area contributed by atoms with Crippen LogP contribution in [0.2, 0.25) is 0 Å². The zero-order valence-electron chi connectivity index (χ0n) is 9.26. The van der Waals surface area contributed by atoms with Gasteiger partial charge >= 0.3 is 11.9 Å². The number of esters is 1. The molecule has 2 rings (SSSR count). The molecular formula is C12H13NO4. The third-order valence-electron chi connectivity index (χ3n) is 2.85. The van der Waals surface area contributed by atoms with E-state index in [0.717, 1.165) is 0 Å². The highest BCUT2D eigenvalue weighted by atomic mass is 16.5. The number of aromatic carboxylic acids is 1. The quantitative estimate of drug-likeness (QED) is 0.632. The topological polar surface area (TPSA) is 68.5 Å². The first-order valence-corrected chi connectivity index (χ1v) is 5.35. The van der Waals surface area contributed by atoms with Crippen molar-refractivity contribution in [1.29, 1.82) is 0 Å². The smallest absolute Gasteiger partial charge is 0.337 e. The number of carbonyl (C=O) groups is 2. The summed E-state index contributed by atoms with van der Waals surface area (Å²) in [5.41, 5.74) is 0.731. The van der Waals surface area contributed by atoms with Crippen molar-refractivity contribution in [1.82, 2.24) is 4.57 Å². The van der Waals surface area contributed by atoms with Crippen LogP contribution in [-0.4, -0.2) is 28.2 Å². The average Bonchev–Trinajstić information content (AvgIpc) is 2.85. The molecule has 90 valence electrons. The Morgan fingerprint density at radius 1 is 1.65 bits per heavy atom. The largest absolute Gasteiger partial charge is 0.478 e. The fourth-order valence-electron chi connectivity index (χ4n) is 2.12. The lowest BCUT2D eigenvalue weighted by Crippen LogP contribution is -2.16. The highest BCUT2D eigenvalue weighted by molar-refractivity contribution is 5.92. The molecule has 0 fully saturated rings. The summed E-state index contributed by atoms with van der Waals surface area (Å²) in [5.74, 6) is -1.87. The van der Waals surface area contributed by atoms with Gasteiger partial charge in [0.25, 0.3) is 0 Å². The summed E-state index contributed by atoms with van der Waals surface area (Å²) in [6, 6.07) is 1.52. The van der Waals surface area contributed by atoms with Gasteiger partial charge in [-0.25, -0.2) is 4.79 Å². The highest BCUT2D eigenvalue weighted by Gasteiger charge is 2.34. The van der Waals surface area contributed by atoms with E-state index in [9.17, 15) is 9.59 Å². The van der Waals surface area contributed by atoms with Crippen LogP contribution in [0.4, 0.5) is 0 Å². The molecule has 0 saturated carbocycles. The summed E-state index contributed by atoms with van der Waals surface area (Å²) in [7, 11) is 0. The highest BCUT2D eigenvalue weighted by Crippen LogP contribution is 2.32. The number of carbonyl (C=O) groups excluding carboxylic acids is 1. The van der Waals surface area contributed by atoms with Crippen LogP contribution < -0.4 is 0 Å². The number of hydrogen-bond acceptors (Lipinski definition) is 3. The number of carboxylic acid groups (broad SMARTS) is 1. The van der Waals surface area contributed by atoms with Gasteiger partial charge in [-0.3, -0.25) is 4.79 Å². The minimum atomic E-state index is -1.01. The normalized spacial score (nSPS) is 17.5. The van der Waals surface area contributed by atoms with E-state index in [1.165, 1.54) is 12.1 Å². The standard InChI is InChI=1S/C12H13NO4/c1-2-7-17-12(16)9-4-6-13-5-3-8(10(9)13)11(14)15/h2-3,5,9H,1,4,6-7H2,(H,14,15). The maximum atomic E-state index is 11.8. The third kappa shape index (κ3) is 1.95. The molecule has 1 aromatic heterocycles. The van der Waals surface area contributed by atoms with E-state index in [4.69, 9.17) is 9.84 Å². The summed E-state index contributed by atoms with van der Waals surface area (Å²) in [5, 5.41) is 9.03. The Hall–Kier alpha value is -2.04. The Balaban J connectivity index is 2.25. The molecule has 0 aliphatic carbocycles. The molecule has 0 aromatic carbocycles. The third-order valence-corrected chi connectivity index (χ3v) is 2.85. The van der Waals surface area contributed by atoms with Crippen LogP contribution in [0, 0.1) is 0 Å². The number of aryl methyl sites for hydroxylation is 1. The fourth-order valence-corrected chi connectivity index (χ4v) is 2.12. The molecular weight excluding hydrogens is 222 g/mol. The second-order valence-corrected chi connectivity index (χ2v) is 3.87. The van der Waals surface area contributed by atoms with Crippen LogP contribution in [0.15, 0.2) is 24.9 Å². The van der Waals surface area contributed by atoms with E-state index in [1.54, 1.807) is 10.8 Å². The fraction of sp³-hybridized carbons (Fsp3) is 0.333. The van der Waals surface area contributed by atoms with E-state index < -0.39 is 11.9 Å². The minimum Gasteiger partial charge on any atom is -0.478 e. The van der Waals surface area contributed by atoms with E-state index in [2.05, 4.69) is 6.58 Å². The molecule has 2 heterocycles. The van der Waals surface area contributed by atoms with E-state index in [1.807, 2.05) is 0 Å². The van der Waals surface area contributed by atoms with Gasteiger partial charge in [0.2, 0.25) is 0 Å². The average molecular weight is 235 g/mol. The van der Waals surface area contributed by atoms with Gasteiger partial charge in [0.15, 0.2) is 0 Å². The first-order chi connectivity index (χ1) is 8.15. The van der Waals surface area contributed by atoms with Crippen molar-refractivity contribution in [3.05, 3.63) is 36.2 Å². The molecule has 0 spiro atoms. The van der Waals surface area contributed by atoms with Crippen molar-refractivity contribution in [3.63, 3.8) is 0 Å². The number of hydrogen-bond donors (Lipinski definition) is 1. The van der Waals surface area contributed by atoms with E-state index in [0.29, 0.717) is 18.7 Å². The van der Waals surface area contributed by atoms with E-state index in [-0.39, 0.29) is 18.1 Å². The molecule has 5 heteroatoms. The summed E-state index contributed by atoms with van der Waals surface area (Å²) in [6.07, 6.45) is 3.77. The van der Waals surface area contributed by atoms with Gasteiger partial charge < -0.3 is 14.4 Å². The zero-order chi connectivity index (χ0) is 12.4. The molecule has 0 bridgehead atoms. The van der Waals surface area contributed by atoms with Crippen molar-refractivity contribution in [2.24, 2.45) is 0 Å². The first-order valence-electron chi connectivity index (χ1n) is 5.35. The number of ether oxygens (including phenoxy) is 1. The molecule has 5 nitrogen and oxygen atoms in total. The molecule has 0 saturated heterocycles. The molecule has 1 atom stereocenters. The van der Waals surface area contributed by atoms with Gasteiger partial charge in [-0.15, -0.1) is 0 Å². The lowest BCUT2D eigenvalue weighted by molar-refractivity contribution is -0.144. The van der Waals surface area contributed by atoms with Gasteiger partial charge in [-0.05, 0) is 12.5 Å². The Bertz CT molecular complexity index is 475. The van der Waals surface area contributed by atoms with Crippen LogP contribution in [0.3, 0.4) is 0 Å². The van der Waals surface area contributed by atoms with E-state index >= 15 is 0 Å². The summed E-state index contributed by atoms with van der Waals surface area (Å²) < 4.78 is 6.77. The zero-order valence-corrected chi connectivity index (χ0v) is 9.26. The van der Waals surface area contributed by atoms with Gasteiger partial charge in [0.1, 0.15) is 6.61 Å². The lowest BCUT2D eigenvalue weighted by atomic mass is 10.0. The maximum absolute atomic E-state index is 11.8. The lowest BCUT2D eigenvalue weighted by Gasteiger charge is -2.09. The first kappa shape index (κ1) is 11.4. The second-order valence-electron chi connectivity index (χ2n) is 3.87. The Morgan fingerprint density at radius 3 is 3.06 bits per heavy atom. The number of carboxylic acids is 1. The van der Waals surface area contributed by atoms with Crippen molar-refractivity contribution in [3.8, 4) is 0 Å². The van der Waals surface area contributed by atoms with Gasteiger partial charge in [0.05, 0.1) is 11.5 Å². The number of aromatic nitrogens is 1. The number of fused-ring (bicyclic) bond motifs is 1. The van der Waals surface area contributed by atoms with Gasteiger partial charge in [-0.1, -0.05) is 12.7 Å². The molecule has 1 N–H and O–H groups in total. The summed E-state index contributed by atoms with van der Waals surface area (Å²) >= 11 is 0. The van der Waals surface area contributed by atoms with Crippen LogP contribution in [0.1, 0.15) is 28.4 Å². The monoisotopic (exact) mass is 235 g/mol. The SMILES string of the molecule is C=CCOC(=O)C1CCn2ccc(C(=O)O)c21. The van der Waals surface area contributed by atoms with Crippen LogP contribution >= 0.6 is 0 Å². The molecule has 17 heavy (non-hydrogen) atoms. The number of rotatable bonds is 4. The van der Waals surface area contributed by atoms with Crippen molar-refractivity contribution in [2.45, 2.75) is 18.9 Å². The molecule has 0 amide bonds.